The monoisotopic (exact) mass is 401 g/mol. The lowest BCUT2D eigenvalue weighted by molar-refractivity contribution is -0.125. The van der Waals surface area contributed by atoms with E-state index in [1.165, 1.54) is 37.1 Å². The predicted molar refractivity (Wildman–Crippen MR) is 99.2 cm³/mol. The first-order chi connectivity index (χ1) is 13.8. The van der Waals surface area contributed by atoms with Crippen LogP contribution in [0, 0.1) is 12.8 Å². The summed E-state index contributed by atoms with van der Waals surface area (Å²) in [7, 11) is 2.40. The third-order valence-electron chi connectivity index (χ3n) is 4.27. The normalized spacial score (nSPS) is 15.1. The number of amides is 2. The predicted octanol–water partition coefficient (Wildman–Crippen LogP) is 0.757. The van der Waals surface area contributed by atoms with Gasteiger partial charge in [-0.05, 0) is 25.1 Å². The van der Waals surface area contributed by atoms with E-state index in [9.17, 15) is 19.2 Å². The first-order valence-electron chi connectivity index (χ1n) is 8.64. The number of fused-ring (bicyclic) bond motifs is 1. The number of benzene rings is 1. The highest BCUT2D eigenvalue weighted by Crippen LogP contribution is 2.21. The molecular weight excluding hydrogens is 382 g/mol. The van der Waals surface area contributed by atoms with Gasteiger partial charge in [0.1, 0.15) is 5.82 Å². The molecule has 2 heterocycles. The molecule has 1 unspecified atom stereocenters. The third kappa shape index (κ3) is 4.39. The number of hydrogen-bond donors (Lipinski definition) is 2. The molecule has 3 rings (SSSR count). The summed E-state index contributed by atoms with van der Waals surface area (Å²) < 4.78 is 10.9. The Bertz CT molecular complexity index is 964. The zero-order valence-electron chi connectivity index (χ0n) is 16.0. The lowest BCUT2D eigenvalue weighted by Gasteiger charge is -2.21. The molecule has 11 heteroatoms. The molecule has 2 N–H and O–H groups in total. The second-order valence-corrected chi connectivity index (χ2v) is 6.39. The SMILES string of the molecule is COC(=O)c1cc(NC(=O)CC2Cn3nc(C)nc3NC2=O)cc(C(=O)OC)c1. The van der Waals surface area contributed by atoms with Gasteiger partial charge in [-0.25, -0.2) is 14.3 Å². The fourth-order valence-corrected chi connectivity index (χ4v) is 2.94. The number of ether oxygens (including phenoxy) is 2. The fraction of sp³-hybridized carbons (Fsp3) is 0.333. The number of aromatic nitrogens is 3. The molecule has 1 aliphatic rings. The molecule has 152 valence electrons. The summed E-state index contributed by atoms with van der Waals surface area (Å²) in [6.45, 7) is 1.91. The van der Waals surface area contributed by atoms with Gasteiger partial charge in [0.25, 0.3) is 0 Å². The molecule has 0 spiro atoms. The quantitative estimate of drug-likeness (QED) is 0.699. The fourth-order valence-electron chi connectivity index (χ4n) is 2.94. The average Bonchev–Trinajstić information content (AvgIpc) is 3.05. The molecule has 1 aromatic carbocycles. The maximum atomic E-state index is 12.5. The van der Waals surface area contributed by atoms with Crippen molar-refractivity contribution in [2.75, 3.05) is 24.9 Å². The highest BCUT2D eigenvalue weighted by Gasteiger charge is 2.30. The Morgan fingerprint density at radius 3 is 2.38 bits per heavy atom. The van der Waals surface area contributed by atoms with E-state index in [4.69, 9.17) is 0 Å². The smallest absolute Gasteiger partial charge is 0.337 e. The number of rotatable bonds is 5. The van der Waals surface area contributed by atoms with Crippen molar-refractivity contribution in [3.63, 3.8) is 0 Å². The topological polar surface area (TPSA) is 142 Å². The van der Waals surface area contributed by atoms with Crippen LogP contribution < -0.4 is 10.6 Å². The standard InChI is InChI=1S/C18H19N5O6/c1-9-19-18-21-15(25)12(8-23(18)22-9)7-14(24)20-13-5-10(16(26)28-2)4-11(6-13)17(27)29-3/h4-6,12H,7-8H2,1-3H3,(H,20,24)(H,19,21,22,25). The van der Waals surface area contributed by atoms with Gasteiger partial charge in [-0.15, -0.1) is 0 Å². The van der Waals surface area contributed by atoms with Crippen LogP contribution in [0.3, 0.4) is 0 Å². The molecule has 2 amide bonds. The van der Waals surface area contributed by atoms with Crippen LogP contribution in [0.4, 0.5) is 11.6 Å². The van der Waals surface area contributed by atoms with Gasteiger partial charge in [-0.2, -0.15) is 10.1 Å². The number of hydrogen-bond acceptors (Lipinski definition) is 8. The molecule has 1 atom stereocenters. The minimum absolute atomic E-state index is 0.0730. The Morgan fingerprint density at radius 2 is 1.79 bits per heavy atom. The average molecular weight is 401 g/mol. The van der Waals surface area contributed by atoms with Crippen LogP contribution in [0.25, 0.3) is 0 Å². The van der Waals surface area contributed by atoms with Crippen LogP contribution in [-0.2, 0) is 25.6 Å². The van der Waals surface area contributed by atoms with Crippen molar-refractivity contribution in [2.24, 2.45) is 5.92 Å². The summed E-state index contributed by atoms with van der Waals surface area (Å²) in [4.78, 5) is 52.5. The summed E-state index contributed by atoms with van der Waals surface area (Å²) in [6, 6.07) is 4.04. The molecule has 1 aliphatic heterocycles. The van der Waals surface area contributed by atoms with Crippen molar-refractivity contribution >= 4 is 35.4 Å². The van der Waals surface area contributed by atoms with Crippen molar-refractivity contribution in [3.05, 3.63) is 35.2 Å². The first-order valence-corrected chi connectivity index (χ1v) is 8.64. The van der Waals surface area contributed by atoms with Gasteiger partial charge < -0.3 is 14.8 Å². The van der Waals surface area contributed by atoms with E-state index in [2.05, 4.69) is 30.2 Å². The Balaban J connectivity index is 1.75. The minimum atomic E-state index is -0.674. The molecule has 0 saturated heterocycles. The van der Waals surface area contributed by atoms with E-state index in [1.807, 2.05) is 0 Å². The summed E-state index contributed by atoms with van der Waals surface area (Å²) in [5.74, 6) is -1.94. The molecule has 0 saturated carbocycles. The maximum absolute atomic E-state index is 12.5. The summed E-state index contributed by atoms with van der Waals surface area (Å²) in [6.07, 6.45) is -0.125. The third-order valence-corrected chi connectivity index (χ3v) is 4.27. The van der Waals surface area contributed by atoms with Crippen LogP contribution in [0.5, 0.6) is 0 Å². The van der Waals surface area contributed by atoms with E-state index in [0.29, 0.717) is 11.8 Å². The number of aryl methyl sites for hydroxylation is 1. The lowest BCUT2D eigenvalue weighted by Crippen LogP contribution is -2.36. The van der Waals surface area contributed by atoms with Crippen LogP contribution in [0.15, 0.2) is 18.2 Å². The van der Waals surface area contributed by atoms with Gasteiger partial charge in [-0.1, -0.05) is 0 Å². The molecule has 11 nitrogen and oxygen atoms in total. The number of esters is 2. The molecule has 0 bridgehead atoms. The number of nitrogens with one attached hydrogen (secondary N) is 2. The second-order valence-electron chi connectivity index (χ2n) is 6.39. The lowest BCUT2D eigenvalue weighted by atomic mass is 10.0. The van der Waals surface area contributed by atoms with E-state index in [0.717, 1.165) is 0 Å². The van der Waals surface area contributed by atoms with Gasteiger partial charge in [0, 0.05) is 12.1 Å². The highest BCUT2D eigenvalue weighted by atomic mass is 16.5. The van der Waals surface area contributed by atoms with E-state index < -0.39 is 23.8 Å². The molecule has 0 aliphatic carbocycles. The molecule has 2 aromatic rings. The van der Waals surface area contributed by atoms with E-state index in [1.54, 1.807) is 6.92 Å². The first kappa shape index (κ1) is 20.0. The van der Waals surface area contributed by atoms with Crippen LogP contribution in [-0.4, -0.2) is 52.7 Å². The Hall–Kier alpha value is -3.76. The summed E-state index contributed by atoms with van der Waals surface area (Å²) in [5, 5.41) is 9.37. The molecular formula is C18H19N5O6. The van der Waals surface area contributed by atoms with Crippen LogP contribution in [0.1, 0.15) is 33.0 Å². The Kier molecular flexibility index (Phi) is 5.57. The van der Waals surface area contributed by atoms with Gasteiger partial charge in [-0.3, -0.25) is 14.9 Å². The van der Waals surface area contributed by atoms with Gasteiger partial charge in [0.2, 0.25) is 17.8 Å². The highest BCUT2D eigenvalue weighted by molar-refractivity contribution is 6.01. The zero-order valence-corrected chi connectivity index (χ0v) is 16.0. The Labute approximate surface area is 165 Å². The number of nitrogens with zero attached hydrogens (tertiary/aromatic N) is 3. The van der Waals surface area contributed by atoms with Crippen molar-refractivity contribution in [3.8, 4) is 0 Å². The minimum Gasteiger partial charge on any atom is -0.465 e. The molecule has 1 aromatic heterocycles. The van der Waals surface area contributed by atoms with Gasteiger partial charge >= 0.3 is 11.9 Å². The zero-order chi connectivity index (χ0) is 21.1. The largest absolute Gasteiger partial charge is 0.465 e. The van der Waals surface area contributed by atoms with Crippen molar-refractivity contribution < 1.29 is 28.7 Å². The van der Waals surface area contributed by atoms with Crippen molar-refractivity contribution in [1.29, 1.82) is 0 Å². The van der Waals surface area contributed by atoms with E-state index in [-0.39, 0.29) is 35.7 Å². The number of anilines is 2. The Morgan fingerprint density at radius 1 is 1.17 bits per heavy atom. The van der Waals surface area contributed by atoms with E-state index >= 15 is 0 Å². The number of carbonyl (C=O) groups is 4. The van der Waals surface area contributed by atoms with Gasteiger partial charge in [0.05, 0.1) is 37.8 Å². The van der Waals surface area contributed by atoms with Crippen LogP contribution in [0.2, 0.25) is 0 Å². The summed E-state index contributed by atoms with van der Waals surface area (Å²) in [5.41, 5.74) is 0.347. The molecule has 0 fully saturated rings. The number of carbonyl (C=O) groups excluding carboxylic acids is 4. The summed E-state index contributed by atoms with van der Waals surface area (Å²) >= 11 is 0. The van der Waals surface area contributed by atoms with Crippen molar-refractivity contribution in [2.45, 2.75) is 19.9 Å². The molecule has 29 heavy (non-hydrogen) atoms. The number of methoxy groups -OCH3 is 2. The van der Waals surface area contributed by atoms with Crippen molar-refractivity contribution in [1.82, 2.24) is 14.8 Å². The maximum Gasteiger partial charge on any atom is 0.337 e. The van der Waals surface area contributed by atoms with Crippen LogP contribution >= 0.6 is 0 Å². The second kappa shape index (κ2) is 8.09. The van der Waals surface area contributed by atoms with Gasteiger partial charge in [0.15, 0.2) is 0 Å². The molecule has 0 radical (unpaired) electrons.